The van der Waals surface area contributed by atoms with Gasteiger partial charge >= 0.3 is 5.69 Å². The molecule has 2 unspecified atom stereocenters. The number of aromatic amines is 2. The summed E-state index contributed by atoms with van der Waals surface area (Å²) >= 11 is 3.44. The first-order valence-corrected chi connectivity index (χ1v) is 6.90. The fraction of sp³-hybridized carbons (Fsp3) is 0.462. The van der Waals surface area contributed by atoms with Crippen LogP contribution in [0.4, 0.5) is 0 Å². The molecule has 0 bridgehead atoms. The molecule has 0 amide bonds. The zero-order valence-corrected chi connectivity index (χ0v) is 12.0. The van der Waals surface area contributed by atoms with Crippen LogP contribution >= 0.6 is 15.9 Å². The van der Waals surface area contributed by atoms with Crippen molar-refractivity contribution in [3.8, 4) is 0 Å². The van der Waals surface area contributed by atoms with Crippen LogP contribution < -0.4 is 5.69 Å². The van der Waals surface area contributed by atoms with Gasteiger partial charge in [-0.15, -0.1) is 0 Å². The number of imidazole rings is 1. The molecule has 2 rings (SSSR count). The van der Waals surface area contributed by atoms with E-state index < -0.39 is 6.10 Å². The summed E-state index contributed by atoms with van der Waals surface area (Å²) in [6.45, 7) is 4.23. The van der Waals surface area contributed by atoms with Crippen LogP contribution in [0.15, 0.2) is 21.4 Å². The monoisotopic (exact) mass is 312 g/mol. The van der Waals surface area contributed by atoms with Gasteiger partial charge in [0.15, 0.2) is 0 Å². The molecule has 4 nitrogen and oxygen atoms in total. The Morgan fingerprint density at radius 2 is 1.94 bits per heavy atom. The molecule has 0 aliphatic rings. The Morgan fingerprint density at radius 3 is 2.56 bits per heavy atom. The number of benzene rings is 1. The Bertz CT molecular complexity index is 603. The van der Waals surface area contributed by atoms with Crippen molar-refractivity contribution in [2.24, 2.45) is 5.92 Å². The highest BCUT2D eigenvalue weighted by Crippen LogP contribution is 2.31. The Morgan fingerprint density at radius 1 is 1.33 bits per heavy atom. The van der Waals surface area contributed by atoms with E-state index in [1.165, 1.54) is 0 Å². The van der Waals surface area contributed by atoms with E-state index in [4.69, 9.17) is 0 Å². The van der Waals surface area contributed by atoms with E-state index in [9.17, 15) is 9.90 Å². The molecule has 18 heavy (non-hydrogen) atoms. The van der Waals surface area contributed by atoms with Gasteiger partial charge in [-0.3, -0.25) is 0 Å². The minimum absolute atomic E-state index is 0.231. The summed E-state index contributed by atoms with van der Waals surface area (Å²) in [6.07, 6.45) is 1.24. The lowest BCUT2D eigenvalue weighted by molar-refractivity contribution is 0.146. The first-order chi connectivity index (χ1) is 8.51. The molecule has 0 saturated carbocycles. The van der Waals surface area contributed by atoms with E-state index in [-0.39, 0.29) is 5.69 Å². The van der Waals surface area contributed by atoms with Crippen molar-refractivity contribution in [2.45, 2.75) is 32.8 Å². The number of H-pyrrole nitrogens is 2. The number of fused-ring (bicyclic) bond motifs is 1. The third-order valence-electron chi connectivity index (χ3n) is 3.31. The minimum atomic E-state index is -0.517. The fourth-order valence-corrected chi connectivity index (χ4v) is 2.61. The van der Waals surface area contributed by atoms with Gasteiger partial charge in [-0.2, -0.15) is 0 Å². The van der Waals surface area contributed by atoms with Crippen LogP contribution in [0.25, 0.3) is 11.0 Å². The SMILES string of the molecule is CCC(C)CC(O)c1cc2[nH]c(=O)[nH]c2cc1Br. The molecule has 98 valence electrons. The van der Waals surface area contributed by atoms with Crippen LogP contribution in [-0.2, 0) is 0 Å². The van der Waals surface area contributed by atoms with Gasteiger partial charge in [0.2, 0.25) is 0 Å². The standard InChI is InChI=1S/C13H17BrN2O2/c1-3-7(2)4-12(17)8-5-10-11(6-9(8)14)16-13(18)15-10/h5-7,12,17H,3-4H2,1-2H3,(H2,15,16,18). The lowest BCUT2D eigenvalue weighted by Crippen LogP contribution is -2.04. The second-order valence-electron chi connectivity index (χ2n) is 4.76. The molecule has 2 aromatic rings. The summed E-state index contributed by atoms with van der Waals surface area (Å²) in [6, 6.07) is 3.65. The summed E-state index contributed by atoms with van der Waals surface area (Å²) in [5.41, 5.74) is 2.05. The Kier molecular flexibility index (Phi) is 3.92. The second-order valence-corrected chi connectivity index (χ2v) is 5.62. The lowest BCUT2D eigenvalue weighted by atomic mass is 9.96. The fourth-order valence-electron chi connectivity index (χ4n) is 2.00. The van der Waals surface area contributed by atoms with Gasteiger partial charge in [0, 0.05) is 4.47 Å². The number of rotatable bonds is 4. The molecule has 0 saturated heterocycles. The number of nitrogens with one attached hydrogen (secondary N) is 2. The van der Waals surface area contributed by atoms with Gasteiger partial charge in [0.1, 0.15) is 0 Å². The predicted octanol–water partition coefficient (Wildman–Crippen LogP) is 3.09. The Labute approximate surface area is 114 Å². The van der Waals surface area contributed by atoms with Crippen LogP contribution in [0.5, 0.6) is 0 Å². The number of hydrogen-bond acceptors (Lipinski definition) is 2. The maximum Gasteiger partial charge on any atom is 0.323 e. The lowest BCUT2D eigenvalue weighted by Gasteiger charge is -2.16. The van der Waals surface area contributed by atoms with E-state index >= 15 is 0 Å². The van der Waals surface area contributed by atoms with E-state index in [1.54, 1.807) is 0 Å². The van der Waals surface area contributed by atoms with E-state index in [0.29, 0.717) is 5.92 Å². The third-order valence-corrected chi connectivity index (χ3v) is 4.00. The number of aliphatic hydroxyl groups excluding tert-OH is 1. The Balaban J connectivity index is 2.37. The Hall–Kier alpha value is -1.07. The second kappa shape index (κ2) is 5.28. The van der Waals surface area contributed by atoms with Crippen molar-refractivity contribution in [1.82, 2.24) is 9.97 Å². The number of aliphatic hydroxyl groups is 1. The number of aromatic nitrogens is 2. The average molecular weight is 313 g/mol. The first-order valence-electron chi connectivity index (χ1n) is 6.10. The van der Waals surface area contributed by atoms with Gasteiger partial charge in [0.05, 0.1) is 17.1 Å². The van der Waals surface area contributed by atoms with Crippen molar-refractivity contribution in [2.75, 3.05) is 0 Å². The summed E-state index contributed by atoms with van der Waals surface area (Å²) in [5.74, 6) is 0.466. The molecule has 0 spiro atoms. The summed E-state index contributed by atoms with van der Waals surface area (Å²) in [7, 11) is 0. The van der Waals surface area contributed by atoms with Crippen molar-refractivity contribution < 1.29 is 5.11 Å². The van der Waals surface area contributed by atoms with Crippen LogP contribution in [0, 0.1) is 5.92 Å². The van der Waals surface area contributed by atoms with Gasteiger partial charge < -0.3 is 15.1 Å². The predicted molar refractivity (Wildman–Crippen MR) is 75.7 cm³/mol. The molecule has 3 N–H and O–H groups in total. The first kappa shape index (κ1) is 13.4. The van der Waals surface area contributed by atoms with E-state index in [0.717, 1.165) is 33.9 Å². The smallest absolute Gasteiger partial charge is 0.323 e. The minimum Gasteiger partial charge on any atom is -0.388 e. The number of halogens is 1. The normalized spacial score (nSPS) is 14.9. The molecular formula is C13H17BrN2O2. The third kappa shape index (κ3) is 2.67. The number of hydrogen-bond donors (Lipinski definition) is 3. The van der Waals surface area contributed by atoms with Crippen LogP contribution in [-0.4, -0.2) is 15.1 Å². The highest BCUT2D eigenvalue weighted by atomic mass is 79.9. The zero-order valence-electron chi connectivity index (χ0n) is 10.5. The summed E-state index contributed by atoms with van der Waals surface area (Å²) < 4.78 is 0.820. The maximum absolute atomic E-state index is 11.2. The molecule has 5 heteroatoms. The molecule has 1 aromatic carbocycles. The van der Waals surface area contributed by atoms with Crippen LogP contribution in [0.1, 0.15) is 38.4 Å². The molecule has 1 aromatic heterocycles. The van der Waals surface area contributed by atoms with Crippen molar-refractivity contribution in [1.29, 1.82) is 0 Å². The van der Waals surface area contributed by atoms with Gasteiger partial charge in [0.25, 0.3) is 0 Å². The molecule has 0 radical (unpaired) electrons. The quantitative estimate of drug-likeness (QED) is 0.812. The summed E-state index contributed by atoms with van der Waals surface area (Å²) in [4.78, 5) is 16.6. The van der Waals surface area contributed by atoms with Gasteiger partial charge in [-0.05, 0) is 30.0 Å². The van der Waals surface area contributed by atoms with Gasteiger partial charge in [-0.1, -0.05) is 36.2 Å². The highest BCUT2D eigenvalue weighted by Gasteiger charge is 2.15. The largest absolute Gasteiger partial charge is 0.388 e. The molecule has 2 atom stereocenters. The van der Waals surface area contributed by atoms with E-state index in [2.05, 4.69) is 39.7 Å². The summed E-state index contributed by atoms with van der Waals surface area (Å²) in [5, 5.41) is 10.2. The molecular weight excluding hydrogens is 296 g/mol. The molecule has 1 heterocycles. The zero-order chi connectivity index (χ0) is 13.3. The van der Waals surface area contributed by atoms with E-state index in [1.807, 2.05) is 12.1 Å². The van der Waals surface area contributed by atoms with Crippen LogP contribution in [0.3, 0.4) is 0 Å². The van der Waals surface area contributed by atoms with Crippen LogP contribution in [0.2, 0.25) is 0 Å². The average Bonchev–Trinajstić information content (AvgIpc) is 2.66. The van der Waals surface area contributed by atoms with Crippen molar-refractivity contribution in [3.63, 3.8) is 0 Å². The molecule has 0 fully saturated rings. The highest BCUT2D eigenvalue weighted by molar-refractivity contribution is 9.10. The van der Waals surface area contributed by atoms with Crippen molar-refractivity contribution in [3.05, 3.63) is 32.7 Å². The van der Waals surface area contributed by atoms with Gasteiger partial charge in [-0.25, -0.2) is 4.79 Å². The maximum atomic E-state index is 11.2. The van der Waals surface area contributed by atoms with Crippen molar-refractivity contribution >= 4 is 27.0 Å². The molecule has 0 aliphatic heterocycles. The topological polar surface area (TPSA) is 68.9 Å². The molecule has 0 aliphatic carbocycles.